The summed E-state index contributed by atoms with van der Waals surface area (Å²) in [5.41, 5.74) is 8.83. The van der Waals surface area contributed by atoms with Gasteiger partial charge in [0.2, 0.25) is 0 Å². The molecule has 0 aliphatic heterocycles. The van der Waals surface area contributed by atoms with Gasteiger partial charge in [-0.05, 0) is 42.0 Å². The zero-order valence-corrected chi connectivity index (χ0v) is 11.2. The van der Waals surface area contributed by atoms with Gasteiger partial charge in [-0.15, -0.1) is 0 Å². The molecule has 0 radical (unpaired) electrons. The summed E-state index contributed by atoms with van der Waals surface area (Å²) in [6.07, 6.45) is 2.41. The van der Waals surface area contributed by atoms with Crippen molar-refractivity contribution < 1.29 is 8.78 Å². The van der Waals surface area contributed by atoms with Gasteiger partial charge in [0, 0.05) is 18.0 Å². The normalized spacial score (nSPS) is 20.9. The van der Waals surface area contributed by atoms with Gasteiger partial charge >= 0.3 is 0 Å². The van der Waals surface area contributed by atoms with Crippen molar-refractivity contribution in [3.8, 4) is 0 Å². The highest BCUT2D eigenvalue weighted by atomic mass is 19.1. The summed E-state index contributed by atoms with van der Waals surface area (Å²) in [5, 5.41) is 0. The van der Waals surface area contributed by atoms with Gasteiger partial charge in [-0.1, -0.05) is 30.3 Å². The number of hydrogen-bond donors (Lipinski definition) is 1. The van der Waals surface area contributed by atoms with Crippen LogP contribution in [0.4, 0.5) is 8.78 Å². The molecule has 3 heteroatoms. The van der Waals surface area contributed by atoms with Crippen molar-refractivity contribution in [2.24, 2.45) is 5.73 Å². The van der Waals surface area contributed by atoms with E-state index in [1.165, 1.54) is 23.3 Å². The summed E-state index contributed by atoms with van der Waals surface area (Å²) >= 11 is 0. The standard InChI is InChI=1S/C17H17F2N/c18-14-6-5-13(16(19)9-14)10-17(11-20)8-7-12-3-1-2-4-15(12)17/h1-6,9H,7-8,10-11,20H2. The smallest absolute Gasteiger partial charge is 0.129 e. The second-order valence-corrected chi connectivity index (χ2v) is 5.55. The van der Waals surface area contributed by atoms with Gasteiger partial charge in [-0.25, -0.2) is 8.78 Å². The molecule has 104 valence electrons. The Bertz CT molecular complexity index is 639. The van der Waals surface area contributed by atoms with Gasteiger partial charge in [0.05, 0.1) is 0 Å². The fraction of sp³-hybridized carbons (Fsp3) is 0.294. The Morgan fingerprint density at radius 1 is 1.10 bits per heavy atom. The highest BCUT2D eigenvalue weighted by molar-refractivity contribution is 5.41. The Morgan fingerprint density at radius 2 is 1.90 bits per heavy atom. The molecule has 1 unspecified atom stereocenters. The second-order valence-electron chi connectivity index (χ2n) is 5.55. The number of fused-ring (bicyclic) bond motifs is 1. The first-order valence-electron chi connectivity index (χ1n) is 6.87. The van der Waals surface area contributed by atoms with Crippen molar-refractivity contribution in [2.45, 2.75) is 24.7 Å². The number of benzene rings is 2. The quantitative estimate of drug-likeness (QED) is 0.912. The third-order valence-electron chi connectivity index (χ3n) is 4.40. The van der Waals surface area contributed by atoms with E-state index in [-0.39, 0.29) is 5.41 Å². The molecule has 0 bridgehead atoms. The molecule has 1 aliphatic rings. The number of halogens is 2. The van der Waals surface area contributed by atoms with E-state index in [9.17, 15) is 8.78 Å². The topological polar surface area (TPSA) is 26.0 Å². The van der Waals surface area contributed by atoms with Crippen LogP contribution < -0.4 is 5.73 Å². The highest BCUT2D eigenvalue weighted by Crippen LogP contribution is 2.41. The minimum atomic E-state index is -0.542. The van der Waals surface area contributed by atoms with Crippen molar-refractivity contribution in [1.82, 2.24) is 0 Å². The lowest BCUT2D eigenvalue weighted by atomic mass is 9.76. The van der Waals surface area contributed by atoms with Crippen LogP contribution in [0.25, 0.3) is 0 Å². The molecule has 0 heterocycles. The zero-order chi connectivity index (χ0) is 14.2. The molecule has 0 aromatic heterocycles. The van der Waals surface area contributed by atoms with E-state index in [1.807, 2.05) is 12.1 Å². The van der Waals surface area contributed by atoms with Crippen LogP contribution in [0.2, 0.25) is 0 Å². The van der Waals surface area contributed by atoms with Gasteiger partial charge in [-0.3, -0.25) is 0 Å². The Hall–Kier alpha value is -1.74. The van der Waals surface area contributed by atoms with Crippen molar-refractivity contribution in [1.29, 1.82) is 0 Å². The third-order valence-corrected chi connectivity index (χ3v) is 4.40. The Morgan fingerprint density at radius 3 is 2.65 bits per heavy atom. The van der Waals surface area contributed by atoms with Crippen LogP contribution in [0.15, 0.2) is 42.5 Å². The Labute approximate surface area is 117 Å². The van der Waals surface area contributed by atoms with Crippen LogP contribution in [0.5, 0.6) is 0 Å². The molecule has 1 atom stereocenters. The minimum absolute atomic E-state index is 0.227. The van der Waals surface area contributed by atoms with Crippen molar-refractivity contribution in [3.63, 3.8) is 0 Å². The summed E-state index contributed by atoms with van der Waals surface area (Å²) < 4.78 is 26.9. The van der Waals surface area contributed by atoms with Gasteiger partial charge in [-0.2, -0.15) is 0 Å². The van der Waals surface area contributed by atoms with Crippen molar-refractivity contribution in [2.75, 3.05) is 6.54 Å². The van der Waals surface area contributed by atoms with Crippen LogP contribution in [0.3, 0.4) is 0 Å². The fourth-order valence-electron chi connectivity index (χ4n) is 3.26. The van der Waals surface area contributed by atoms with E-state index in [0.717, 1.165) is 18.9 Å². The molecule has 0 amide bonds. The maximum absolute atomic E-state index is 13.9. The van der Waals surface area contributed by atoms with Crippen LogP contribution >= 0.6 is 0 Å². The van der Waals surface area contributed by atoms with E-state index >= 15 is 0 Å². The molecule has 1 nitrogen and oxygen atoms in total. The average Bonchev–Trinajstić information content (AvgIpc) is 2.82. The second kappa shape index (κ2) is 4.98. The van der Waals surface area contributed by atoms with Gasteiger partial charge in [0.25, 0.3) is 0 Å². The van der Waals surface area contributed by atoms with Crippen LogP contribution in [-0.2, 0) is 18.3 Å². The Kier molecular flexibility index (Phi) is 3.30. The van der Waals surface area contributed by atoms with Crippen molar-refractivity contribution >= 4 is 0 Å². The summed E-state index contributed by atoms with van der Waals surface area (Å²) in [5.74, 6) is -1.03. The minimum Gasteiger partial charge on any atom is -0.330 e. The summed E-state index contributed by atoms with van der Waals surface area (Å²) in [6.45, 7) is 0.473. The average molecular weight is 273 g/mol. The summed E-state index contributed by atoms with van der Waals surface area (Å²) in [6, 6.07) is 12.0. The molecule has 3 rings (SSSR count). The number of aryl methyl sites for hydroxylation is 1. The monoisotopic (exact) mass is 273 g/mol. The molecule has 0 fully saturated rings. The predicted molar refractivity (Wildman–Crippen MR) is 75.6 cm³/mol. The Balaban J connectivity index is 1.99. The van der Waals surface area contributed by atoms with E-state index in [4.69, 9.17) is 5.73 Å². The molecule has 20 heavy (non-hydrogen) atoms. The van der Waals surface area contributed by atoms with E-state index in [1.54, 1.807) is 0 Å². The van der Waals surface area contributed by atoms with Gasteiger partial charge in [0.1, 0.15) is 11.6 Å². The molecular formula is C17H17F2N. The lowest BCUT2D eigenvalue weighted by molar-refractivity contribution is 0.421. The van der Waals surface area contributed by atoms with Crippen molar-refractivity contribution in [3.05, 3.63) is 70.8 Å². The lowest BCUT2D eigenvalue weighted by Crippen LogP contribution is -2.35. The number of rotatable bonds is 3. The number of nitrogens with two attached hydrogens (primary N) is 1. The first-order valence-corrected chi connectivity index (χ1v) is 6.87. The van der Waals surface area contributed by atoms with E-state index < -0.39 is 11.6 Å². The van der Waals surface area contributed by atoms with Gasteiger partial charge in [0.15, 0.2) is 0 Å². The molecular weight excluding hydrogens is 256 g/mol. The summed E-state index contributed by atoms with van der Waals surface area (Å²) in [7, 11) is 0. The SMILES string of the molecule is NCC1(Cc2ccc(F)cc2F)CCc2ccccc21. The first-order chi connectivity index (χ1) is 9.64. The molecule has 0 saturated heterocycles. The zero-order valence-electron chi connectivity index (χ0n) is 11.2. The van der Waals surface area contributed by atoms with E-state index in [2.05, 4.69) is 12.1 Å². The molecule has 2 N–H and O–H groups in total. The first kappa shape index (κ1) is 13.3. The maximum atomic E-state index is 13.9. The van der Waals surface area contributed by atoms with Gasteiger partial charge < -0.3 is 5.73 Å². The molecule has 1 aliphatic carbocycles. The highest BCUT2D eigenvalue weighted by Gasteiger charge is 2.37. The molecule has 2 aromatic carbocycles. The molecule has 2 aromatic rings. The molecule has 0 spiro atoms. The molecule has 0 saturated carbocycles. The van der Waals surface area contributed by atoms with Crippen LogP contribution in [-0.4, -0.2) is 6.54 Å². The largest absolute Gasteiger partial charge is 0.330 e. The summed E-state index contributed by atoms with van der Waals surface area (Å²) in [4.78, 5) is 0. The number of hydrogen-bond acceptors (Lipinski definition) is 1. The van der Waals surface area contributed by atoms with Crippen LogP contribution in [0.1, 0.15) is 23.1 Å². The van der Waals surface area contributed by atoms with E-state index in [0.29, 0.717) is 18.5 Å². The third kappa shape index (κ3) is 2.12. The fourth-order valence-corrected chi connectivity index (χ4v) is 3.26. The lowest BCUT2D eigenvalue weighted by Gasteiger charge is -2.29. The predicted octanol–water partition coefficient (Wildman–Crippen LogP) is 3.35. The maximum Gasteiger partial charge on any atom is 0.129 e. The van der Waals surface area contributed by atoms with Crippen LogP contribution in [0, 0.1) is 11.6 Å².